The van der Waals surface area contributed by atoms with Gasteiger partial charge >= 0.3 is 0 Å². The lowest BCUT2D eigenvalue weighted by atomic mass is 9.86. The van der Waals surface area contributed by atoms with E-state index in [0.717, 1.165) is 19.4 Å². The van der Waals surface area contributed by atoms with Crippen LogP contribution in [-0.2, 0) is 5.16 Å². The molecule has 1 fully saturated rings. The lowest BCUT2D eigenvalue weighted by Crippen LogP contribution is -2.41. The molecular formula is C14H23FNP. The summed E-state index contributed by atoms with van der Waals surface area (Å²) in [4.78, 5) is 0. The average molecular weight is 255 g/mol. The van der Waals surface area contributed by atoms with Crippen LogP contribution in [0.2, 0.25) is 0 Å². The lowest BCUT2D eigenvalue weighted by molar-refractivity contribution is 0.352. The highest BCUT2D eigenvalue weighted by Crippen LogP contribution is 2.41. The molecule has 1 nitrogen and oxygen atoms in total. The van der Waals surface area contributed by atoms with E-state index in [1.54, 1.807) is 12.1 Å². The molecule has 0 amide bonds. The fourth-order valence-electron chi connectivity index (χ4n) is 2.31. The van der Waals surface area contributed by atoms with E-state index in [1.165, 1.54) is 5.56 Å². The van der Waals surface area contributed by atoms with E-state index in [2.05, 4.69) is 21.5 Å². The number of hydrogen-bond donors (Lipinski definition) is 1. The molecule has 0 spiro atoms. The van der Waals surface area contributed by atoms with E-state index in [-0.39, 0.29) is 11.0 Å². The summed E-state index contributed by atoms with van der Waals surface area (Å²) >= 11 is 0. The van der Waals surface area contributed by atoms with Crippen molar-refractivity contribution in [3.8, 4) is 0 Å². The minimum atomic E-state index is -0.158. The quantitative estimate of drug-likeness (QED) is 0.755. The van der Waals surface area contributed by atoms with Crippen LogP contribution in [0.5, 0.6) is 0 Å². The van der Waals surface area contributed by atoms with Gasteiger partial charge in [0.15, 0.2) is 0 Å². The van der Waals surface area contributed by atoms with E-state index < -0.39 is 0 Å². The van der Waals surface area contributed by atoms with Gasteiger partial charge < -0.3 is 5.32 Å². The van der Waals surface area contributed by atoms with Gasteiger partial charge in [-0.25, -0.2) is 4.39 Å². The van der Waals surface area contributed by atoms with Crippen molar-refractivity contribution in [1.82, 2.24) is 5.32 Å². The Bertz CT molecular complexity index is 339. The van der Waals surface area contributed by atoms with Gasteiger partial charge in [0, 0.05) is 11.2 Å². The van der Waals surface area contributed by atoms with Gasteiger partial charge in [-0.1, -0.05) is 26.0 Å². The maximum Gasteiger partial charge on any atom is 0.123 e. The minimum absolute atomic E-state index is 0.123. The lowest BCUT2D eigenvalue weighted by Gasteiger charge is -2.38. The molecule has 1 saturated heterocycles. The smallest absolute Gasteiger partial charge is 0.123 e. The number of halogens is 1. The Labute approximate surface area is 106 Å². The molecule has 0 radical (unpaired) electrons. The van der Waals surface area contributed by atoms with Gasteiger partial charge in [0.2, 0.25) is 0 Å². The van der Waals surface area contributed by atoms with Gasteiger partial charge in [-0.05, 0) is 44.0 Å². The minimum Gasteiger partial charge on any atom is -0.314 e. The highest BCUT2D eigenvalue weighted by atomic mass is 31.0. The number of nitrogens with one attached hydrogen (secondary N) is 1. The zero-order valence-electron chi connectivity index (χ0n) is 11.0. The third kappa shape index (κ3) is 3.76. The molecule has 1 aliphatic rings. The molecular weight excluding hydrogens is 232 g/mol. The molecule has 1 aromatic carbocycles. The Morgan fingerprint density at radius 2 is 1.88 bits per heavy atom. The first-order valence-electron chi connectivity index (χ1n) is 6.38. The highest BCUT2D eigenvalue weighted by molar-refractivity contribution is 7.18. The maximum absolute atomic E-state index is 12.8. The fraction of sp³-hybridized carbons (Fsp3) is 0.571. The Balaban J connectivity index is 0.000000686. The van der Waals surface area contributed by atoms with Crippen molar-refractivity contribution in [1.29, 1.82) is 0 Å². The van der Waals surface area contributed by atoms with Crippen LogP contribution < -0.4 is 5.32 Å². The summed E-state index contributed by atoms with van der Waals surface area (Å²) in [7, 11) is 2.96. The van der Waals surface area contributed by atoms with Crippen molar-refractivity contribution in [2.45, 2.75) is 44.8 Å². The second-order valence-electron chi connectivity index (χ2n) is 4.47. The predicted molar refractivity (Wildman–Crippen MR) is 75.8 cm³/mol. The molecule has 1 aliphatic heterocycles. The zero-order chi connectivity index (χ0) is 12.9. The van der Waals surface area contributed by atoms with Crippen molar-refractivity contribution < 1.29 is 4.39 Å². The number of rotatable bonds is 1. The molecule has 0 aliphatic carbocycles. The summed E-state index contributed by atoms with van der Waals surface area (Å²) in [6, 6.07) is 7.43. The zero-order valence-corrected chi connectivity index (χ0v) is 12.1. The largest absolute Gasteiger partial charge is 0.314 e. The fourth-order valence-corrected chi connectivity index (χ4v) is 3.00. The van der Waals surface area contributed by atoms with Crippen LogP contribution in [-0.4, -0.2) is 12.6 Å². The topological polar surface area (TPSA) is 12.0 Å². The van der Waals surface area contributed by atoms with Gasteiger partial charge in [-0.15, -0.1) is 9.24 Å². The van der Waals surface area contributed by atoms with Crippen LogP contribution in [0.15, 0.2) is 24.3 Å². The Morgan fingerprint density at radius 1 is 1.29 bits per heavy atom. The van der Waals surface area contributed by atoms with Crippen LogP contribution in [0.3, 0.4) is 0 Å². The number of hydrogen-bond acceptors (Lipinski definition) is 1. The molecule has 3 unspecified atom stereocenters. The Hall–Kier alpha value is -0.460. The number of piperidine rings is 1. The van der Waals surface area contributed by atoms with Gasteiger partial charge in [-0.3, -0.25) is 0 Å². The summed E-state index contributed by atoms with van der Waals surface area (Å²) in [6.45, 7) is 7.23. The first-order valence-corrected chi connectivity index (χ1v) is 6.96. The molecule has 96 valence electrons. The molecule has 0 aromatic heterocycles. The normalized spacial score (nSPS) is 28.2. The van der Waals surface area contributed by atoms with E-state index in [0.29, 0.717) is 6.04 Å². The second kappa shape index (κ2) is 6.47. The molecule has 0 bridgehead atoms. The summed E-state index contributed by atoms with van der Waals surface area (Å²) in [5.74, 6) is -0.158. The standard InChI is InChI=1S/C12H17FNP.C2H6/c1-9-8-12(15,6-7-14-9)10-2-4-11(13)5-3-10;1-2/h2-5,9,14H,6-8,15H2,1H3;1-2H3. The van der Waals surface area contributed by atoms with Crippen molar-refractivity contribution in [2.24, 2.45) is 0 Å². The predicted octanol–water partition coefficient (Wildman–Crippen LogP) is 3.69. The molecule has 1 heterocycles. The first-order chi connectivity index (χ1) is 8.10. The summed E-state index contributed by atoms with van der Waals surface area (Å²) in [5.41, 5.74) is 1.22. The molecule has 2 rings (SSSR count). The monoisotopic (exact) mass is 255 g/mol. The van der Waals surface area contributed by atoms with Crippen molar-refractivity contribution in [2.75, 3.05) is 6.54 Å². The van der Waals surface area contributed by atoms with Crippen LogP contribution in [0.4, 0.5) is 4.39 Å². The van der Waals surface area contributed by atoms with Crippen molar-refractivity contribution in [3.05, 3.63) is 35.6 Å². The average Bonchev–Trinajstić information content (AvgIpc) is 2.32. The molecule has 0 saturated carbocycles. The van der Waals surface area contributed by atoms with Gasteiger partial charge in [0.25, 0.3) is 0 Å². The van der Waals surface area contributed by atoms with E-state index in [4.69, 9.17) is 0 Å². The SMILES string of the molecule is CC.CC1CC(P)(c2ccc(F)cc2)CCN1. The number of benzene rings is 1. The van der Waals surface area contributed by atoms with Crippen LogP contribution >= 0.6 is 9.24 Å². The van der Waals surface area contributed by atoms with E-state index >= 15 is 0 Å². The van der Waals surface area contributed by atoms with E-state index in [1.807, 2.05) is 26.0 Å². The molecule has 3 heteroatoms. The summed E-state index contributed by atoms with van der Waals surface area (Å²) in [6.07, 6.45) is 2.18. The van der Waals surface area contributed by atoms with Crippen LogP contribution in [0.1, 0.15) is 39.2 Å². The van der Waals surface area contributed by atoms with Crippen LogP contribution in [0, 0.1) is 5.82 Å². The highest BCUT2D eigenvalue weighted by Gasteiger charge is 2.31. The van der Waals surface area contributed by atoms with E-state index in [9.17, 15) is 4.39 Å². The van der Waals surface area contributed by atoms with Gasteiger partial charge in [-0.2, -0.15) is 0 Å². The third-order valence-electron chi connectivity index (χ3n) is 3.15. The van der Waals surface area contributed by atoms with Crippen molar-refractivity contribution >= 4 is 9.24 Å². The molecule has 1 aromatic rings. The van der Waals surface area contributed by atoms with Gasteiger partial charge in [0.05, 0.1) is 0 Å². The summed E-state index contributed by atoms with van der Waals surface area (Å²) < 4.78 is 12.8. The van der Waals surface area contributed by atoms with Crippen LogP contribution in [0.25, 0.3) is 0 Å². The van der Waals surface area contributed by atoms with Crippen molar-refractivity contribution in [3.63, 3.8) is 0 Å². The summed E-state index contributed by atoms with van der Waals surface area (Å²) in [5, 5.41) is 3.55. The third-order valence-corrected chi connectivity index (χ3v) is 4.01. The second-order valence-corrected chi connectivity index (χ2v) is 5.58. The molecule has 3 atom stereocenters. The first kappa shape index (κ1) is 14.6. The van der Waals surface area contributed by atoms with Gasteiger partial charge in [0.1, 0.15) is 5.82 Å². The maximum atomic E-state index is 12.8. The Morgan fingerprint density at radius 3 is 2.41 bits per heavy atom. The Kier molecular flexibility index (Phi) is 5.55. The molecule has 1 N–H and O–H groups in total. The molecule has 17 heavy (non-hydrogen) atoms.